The fourth-order valence-corrected chi connectivity index (χ4v) is 1.84. The van der Waals surface area contributed by atoms with E-state index in [9.17, 15) is 35.8 Å². The lowest BCUT2D eigenvalue weighted by molar-refractivity contribution is -0.358. The van der Waals surface area contributed by atoms with Crippen LogP contribution in [-0.2, 0) is 0 Å². The van der Waals surface area contributed by atoms with Gasteiger partial charge < -0.3 is 9.84 Å². The maximum atomic E-state index is 13.3. The highest BCUT2D eigenvalue weighted by Crippen LogP contribution is 2.49. The highest BCUT2D eigenvalue weighted by Gasteiger charge is 2.72. The van der Waals surface area contributed by atoms with E-state index in [-0.39, 0.29) is 11.3 Å². The molecule has 0 amide bonds. The zero-order valence-electron chi connectivity index (χ0n) is 12.7. The normalized spacial score (nSPS) is 14.5. The number of hydrogen-bond acceptors (Lipinski definition) is 2. The van der Waals surface area contributed by atoms with Crippen molar-refractivity contribution in [3.8, 4) is 5.75 Å². The first kappa shape index (κ1) is 20.5. The molecule has 1 atom stereocenters. The summed E-state index contributed by atoms with van der Waals surface area (Å²) in [6.07, 6.45) is -9.15. The zero-order valence-corrected chi connectivity index (χ0v) is 12.7. The Bertz CT molecular complexity index is 529. The first-order valence-electron chi connectivity index (χ1n) is 7.15. The van der Waals surface area contributed by atoms with E-state index in [1.165, 1.54) is 12.1 Å². The Labute approximate surface area is 134 Å². The van der Waals surface area contributed by atoms with E-state index in [4.69, 9.17) is 4.74 Å². The molecule has 24 heavy (non-hydrogen) atoms. The van der Waals surface area contributed by atoms with Gasteiger partial charge in [0.25, 0.3) is 0 Å². The second-order valence-electron chi connectivity index (χ2n) is 5.27. The van der Waals surface area contributed by atoms with Crippen molar-refractivity contribution in [2.75, 3.05) is 6.61 Å². The standard InChI is InChI=1S/C15H17F7O2/c1-2-3-7-24-11-6-4-5-10(8-11)12(23)9-13(16,17)14(18,19)15(20,21)22/h4-6,8,12,23H,2-3,7,9H2,1H3. The summed E-state index contributed by atoms with van der Waals surface area (Å²) in [4.78, 5) is 0. The monoisotopic (exact) mass is 362 g/mol. The summed E-state index contributed by atoms with van der Waals surface area (Å²) in [6.45, 7) is 2.23. The maximum Gasteiger partial charge on any atom is 0.459 e. The van der Waals surface area contributed by atoms with Crippen LogP contribution in [-0.4, -0.2) is 29.7 Å². The van der Waals surface area contributed by atoms with Crippen LogP contribution in [0.25, 0.3) is 0 Å². The van der Waals surface area contributed by atoms with Crippen molar-refractivity contribution in [3.63, 3.8) is 0 Å². The van der Waals surface area contributed by atoms with Gasteiger partial charge in [-0.05, 0) is 24.1 Å². The summed E-state index contributed by atoms with van der Waals surface area (Å²) in [5.74, 6) is -11.5. The Kier molecular flexibility index (Phi) is 6.49. The maximum absolute atomic E-state index is 13.3. The Morgan fingerprint density at radius 2 is 1.71 bits per heavy atom. The molecule has 1 rings (SSSR count). The molecule has 138 valence electrons. The SMILES string of the molecule is CCCCOc1cccc(C(O)CC(F)(F)C(F)(F)C(F)(F)F)c1. The molecule has 0 aliphatic heterocycles. The molecule has 2 nitrogen and oxygen atoms in total. The van der Waals surface area contributed by atoms with E-state index in [2.05, 4.69) is 0 Å². The molecule has 0 aliphatic carbocycles. The van der Waals surface area contributed by atoms with Crippen LogP contribution in [0, 0.1) is 0 Å². The van der Waals surface area contributed by atoms with Crippen molar-refractivity contribution in [1.82, 2.24) is 0 Å². The Balaban J connectivity index is 2.87. The van der Waals surface area contributed by atoms with Crippen molar-refractivity contribution >= 4 is 0 Å². The Hall–Kier alpha value is -1.51. The van der Waals surface area contributed by atoms with Crippen LogP contribution in [0.5, 0.6) is 5.75 Å². The molecule has 0 fully saturated rings. The number of rotatable bonds is 8. The van der Waals surface area contributed by atoms with Gasteiger partial charge in [-0.25, -0.2) is 0 Å². The van der Waals surface area contributed by atoms with Crippen molar-refractivity contribution in [1.29, 1.82) is 0 Å². The minimum atomic E-state index is -6.42. The average molecular weight is 362 g/mol. The number of alkyl halides is 7. The van der Waals surface area contributed by atoms with Gasteiger partial charge in [-0.2, -0.15) is 30.7 Å². The largest absolute Gasteiger partial charge is 0.494 e. The van der Waals surface area contributed by atoms with Crippen LogP contribution >= 0.6 is 0 Å². The van der Waals surface area contributed by atoms with Crippen molar-refractivity contribution in [3.05, 3.63) is 29.8 Å². The quantitative estimate of drug-likeness (QED) is 0.514. The molecule has 1 N–H and O–H groups in total. The molecule has 0 bridgehead atoms. The van der Waals surface area contributed by atoms with Gasteiger partial charge in [0.2, 0.25) is 0 Å². The third-order valence-electron chi connectivity index (χ3n) is 3.27. The molecule has 1 aromatic rings. The van der Waals surface area contributed by atoms with E-state index in [1.807, 2.05) is 6.92 Å². The van der Waals surface area contributed by atoms with Gasteiger partial charge in [-0.3, -0.25) is 0 Å². The van der Waals surface area contributed by atoms with Crippen molar-refractivity contribution in [2.45, 2.75) is 50.3 Å². The highest BCUT2D eigenvalue weighted by atomic mass is 19.4. The smallest absolute Gasteiger partial charge is 0.459 e. The number of aliphatic hydroxyl groups is 1. The number of benzene rings is 1. The predicted octanol–water partition coefficient (Wildman–Crippen LogP) is 5.12. The number of halogens is 7. The topological polar surface area (TPSA) is 29.5 Å². The molecule has 1 unspecified atom stereocenters. The Morgan fingerprint density at radius 1 is 1.08 bits per heavy atom. The van der Waals surface area contributed by atoms with Crippen LogP contribution in [0.1, 0.15) is 37.9 Å². The van der Waals surface area contributed by atoms with Gasteiger partial charge >= 0.3 is 18.0 Å². The van der Waals surface area contributed by atoms with Crippen LogP contribution in [0.2, 0.25) is 0 Å². The minimum Gasteiger partial charge on any atom is -0.494 e. The number of hydrogen-bond donors (Lipinski definition) is 1. The van der Waals surface area contributed by atoms with Gasteiger partial charge in [0.15, 0.2) is 0 Å². The van der Waals surface area contributed by atoms with E-state index >= 15 is 0 Å². The minimum absolute atomic E-state index is 0.200. The predicted molar refractivity (Wildman–Crippen MR) is 72.4 cm³/mol. The third kappa shape index (κ3) is 4.75. The van der Waals surface area contributed by atoms with E-state index in [1.54, 1.807) is 0 Å². The lowest BCUT2D eigenvalue weighted by Gasteiger charge is -2.29. The fraction of sp³-hybridized carbons (Fsp3) is 0.600. The molecule has 0 radical (unpaired) electrons. The summed E-state index contributed by atoms with van der Waals surface area (Å²) >= 11 is 0. The van der Waals surface area contributed by atoms with E-state index in [0.717, 1.165) is 18.6 Å². The van der Waals surface area contributed by atoms with Crippen molar-refractivity contribution in [2.24, 2.45) is 0 Å². The summed E-state index contributed by atoms with van der Waals surface area (Å²) in [7, 11) is 0. The van der Waals surface area contributed by atoms with Crippen LogP contribution < -0.4 is 4.74 Å². The highest BCUT2D eigenvalue weighted by molar-refractivity contribution is 5.30. The number of aliphatic hydroxyl groups excluding tert-OH is 1. The van der Waals surface area contributed by atoms with Gasteiger partial charge in [0, 0.05) is 6.42 Å². The summed E-state index contributed by atoms with van der Waals surface area (Å²) in [5, 5.41) is 9.65. The lowest BCUT2D eigenvalue weighted by Crippen LogP contribution is -2.52. The molecule has 9 heteroatoms. The molecule has 0 heterocycles. The molecular weight excluding hydrogens is 345 g/mol. The van der Waals surface area contributed by atoms with Gasteiger partial charge in [-0.1, -0.05) is 25.5 Å². The van der Waals surface area contributed by atoms with Gasteiger partial charge in [0.05, 0.1) is 12.7 Å². The third-order valence-corrected chi connectivity index (χ3v) is 3.27. The molecule has 0 saturated carbocycles. The summed E-state index contributed by atoms with van der Waals surface area (Å²) in [5.41, 5.74) is -0.235. The molecule has 0 aliphatic rings. The van der Waals surface area contributed by atoms with E-state index < -0.39 is 30.5 Å². The number of unbranched alkanes of at least 4 members (excludes halogenated alkanes) is 1. The molecule has 0 saturated heterocycles. The van der Waals surface area contributed by atoms with Crippen molar-refractivity contribution < 1.29 is 40.6 Å². The second-order valence-corrected chi connectivity index (χ2v) is 5.27. The molecule has 1 aromatic carbocycles. The molecular formula is C15H17F7O2. The van der Waals surface area contributed by atoms with Crippen LogP contribution in [0.3, 0.4) is 0 Å². The Morgan fingerprint density at radius 3 is 2.25 bits per heavy atom. The number of ether oxygens (including phenoxy) is 1. The fourth-order valence-electron chi connectivity index (χ4n) is 1.84. The average Bonchev–Trinajstić information content (AvgIpc) is 2.46. The van der Waals surface area contributed by atoms with E-state index in [0.29, 0.717) is 13.0 Å². The molecule has 0 aromatic heterocycles. The van der Waals surface area contributed by atoms with Crippen LogP contribution in [0.4, 0.5) is 30.7 Å². The lowest BCUT2D eigenvalue weighted by atomic mass is 9.98. The summed E-state index contributed by atoms with van der Waals surface area (Å²) < 4.78 is 93.9. The first-order valence-corrected chi connectivity index (χ1v) is 7.15. The zero-order chi connectivity index (χ0) is 18.6. The first-order chi connectivity index (χ1) is 10.9. The molecule has 0 spiro atoms. The summed E-state index contributed by atoms with van der Waals surface area (Å²) in [6, 6.07) is 5.04. The van der Waals surface area contributed by atoms with Gasteiger partial charge in [0.1, 0.15) is 5.75 Å². The van der Waals surface area contributed by atoms with Gasteiger partial charge in [-0.15, -0.1) is 0 Å². The van der Waals surface area contributed by atoms with Crippen LogP contribution in [0.15, 0.2) is 24.3 Å². The second kappa shape index (κ2) is 7.58.